The Bertz CT molecular complexity index is 793. The summed E-state index contributed by atoms with van der Waals surface area (Å²) in [5, 5.41) is 17.5. The quantitative estimate of drug-likeness (QED) is 0.765. The van der Waals surface area contributed by atoms with Crippen molar-refractivity contribution in [3.8, 4) is 17.0 Å². The van der Waals surface area contributed by atoms with Gasteiger partial charge in [-0.3, -0.25) is 5.10 Å². The molecule has 3 rings (SSSR count). The van der Waals surface area contributed by atoms with E-state index in [1.165, 1.54) is 6.07 Å². The zero-order valence-corrected chi connectivity index (χ0v) is 10.8. The highest BCUT2D eigenvalue weighted by Crippen LogP contribution is 2.33. The molecule has 2 N–H and O–H groups in total. The molecule has 100 valence electrons. The number of methoxy groups -OCH3 is 1. The van der Waals surface area contributed by atoms with Crippen LogP contribution in [0.1, 0.15) is 10.5 Å². The van der Waals surface area contributed by atoms with E-state index in [9.17, 15) is 4.79 Å². The van der Waals surface area contributed by atoms with Crippen molar-refractivity contribution in [2.75, 3.05) is 7.11 Å². The first-order valence-electron chi connectivity index (χ1n) is 6.05. The second-order valence-corrected chi connectivity index (χ2v) is 4.33. The molecule has 5 heteroatoms. The van der Waals surface area contributed by atoms with Gasteiger partial charge in [-0.1, -0.05) is 24.3 Å². The molecule has 0 radical (unpaired) electrons. The van der Waals surface area contributed by atoms with Crippen molar-refractivity contribution in [2.45, 2.75) is 0 Å². The van der Waals surface area contributed by atoms with Gasteiger partial charge in [0.2, 0.25) is 0 Å². The normalized spacial score (nSPS) is 10.7. The summed E-state index contributed by atoms with van der Waals surface area (Å²) in [5.41, 5.74) is 1.53. The average Bonchev–Trinajstić information content (AvgIpc) is 2.96. The highest BCUT2D eigenvalue weighted by atomic mass is 16.5. The number of H-pyrrole nitrogens is 1. The lowest BCUT2D eigenvalue weighted by atomic mass is 10.0. The Balaban J connectivity index is 2.23. The molecule has 0 bridgehead atoms. The second kappa shape index (κ2) is 4.70. The van der Waals surface area contributed by atoms with E-state index in [1.807, 2.05) is 36.4 Å². The number of carbonyl (C=O) groups is 1. The number of benzene rings is 2. The monoisotopic (exact) mass is 268 g/mol. The maximum Gasteiger partial charge on any atom is 0.353 e. The molecule has 0 fully saturated rings. The van der Waals surface area contributed by atoms with E-state index in [4.69, 9.17) is 9.84 Å². The van der Waals surface area contributed by atoms with Crippen LogP contribution in [0.3, 0.4) is 0 Å². The predicted octanol–water partition coefficient (Wildman–Crippen LogP) is 2.94. The zero-order chi connectivity index (χ0) is 14.1. The summed E-state index contributed by atoms with van der Waals surface area (Å²) in [4.78, 5) is 10.9. The van der Waals surface area contributed by atoms with Crippen LogP contribution in [0.5, 0.6) is 5.75 Å². The Kier molecular flexibility index (Phi) is 2.87. The van der Waals surface area contributed by atoms with Crippen LogP contribution < -0.4 is 4.74 Å². The largest absolute Gasteiger partial charge is 0.496 e. The van der Waals surface area contributed by atoms with Crippen molar-refractivity contribution < 1.29 is 14.6 Å². The first-order valence-corrected chi connectivity index (χ1v) is 6.05. The summed E-state index contributed by atoms with van der Waals surface area (Å²) in [5.74, 6) is -0.250. The Morgan fingerprint density at radius 3 is 2.60 bits per heavy atom. The number of aromatic carboxylic acids is 1. The Hall–Kier alpha value is -2.82. The molecule has 20 heavy (non-hydrogen) atoms. The van der Waals surface area contributed by atoms with Crippen LogP contribution in [0.25, 0.3) is 22.0 Å². The smallest absolute Gasteiger partial charge is 0.353 e. The van der Waals surface area contributed by atoms with Gasteiger partial charge in [0.1, 0.15) is 11.4 Å². The van der Waals surface area contributed by atoms with E-state index in [-0.39, 0.29) is 5.69 Å². The van der Waals surface area contributed by atoms with Crippen molar-refractivity contribution in [3.63, 3.8) is 0 Å². The van der Waals surface area contributed by atoms with Gasteiger partial charge in [0.25, 0.3) is 0 Å². The van der Waals surface area contributed by atoms with Crippen molar-refractivity contribution >= 4 is 16.7 Å². The fraction of sp³-hybridized carbons (Fsp3) is 0.0667. The summed E-state index contributed by atoms with van der Waals surface area (Å²) < 4.78 is 5.34. The lowest BCUT2D eigenvalue weighted by Crippen LogP contribution is -1.95. The first-order chi connectivity index (χ1) is 9.70. The van der Waals surface area contributed by atoms with Crippen molar-refractivity contribution in [1.82, 2.24) is 10.2 Å². The number of carboxylic acid groups (broad SMARTS) is 1. The number of nitrogens with one attached hydrogen (secondary N) is 1. The maximum absolute atomic E-state index is 10.9. The maximum atomic E-state index is 10.9. The third kappa shape index (κ3) is 1.89. The molecule has 0 unspecified atom stereocenters. The molecule has 0 saturated carbocycles. The Morgan fingerprint density at radius 2 is 1.95 bits per heavy atom. The molecular formula is C15H12N2O3. The van der Waals surface area contributed by atoms with E-state index in [2.05, 4.69) is 10.2 Å². The fourth-order valence-electron chi connectivity index (χ4n) is 2.24. The zero-order valence-electron chi connectivity index (χ0n) is 10.8. The lowest BCUT2D eigenvalue weighted by molar-refractivity contribution is 0.0690. The van der Waals surface area contributed by atoms with E-state index in [0.29, 0.717) is 5.69 Å². The second-order valence-electron chi connectivity index (χ2n) is 4.33. The standard InChI is InChI=1S/C15H12N2O3/c1-20-14-7-6-10(9-4-2-3-5-11(9)14)12-8-13(15(18)19)17-16-12/h2-8H,1H3,(H,16,17)(H,18,19). The molecule has 0 aliphatic heterocycles. The number of hydrogen-bond donors (Lipinski definition) is 2. The minimum absolute atomic E-state index is 0.0694. The molecule has 0 spiro atoms. The molecular weight excluding hydrogens is 256 g/mol. The lowest BCUT2D eigenvalue weighted by Gasteiger charge is -2.08. The molecule has 2 aromatic carbocycles. The highest BCUT2D eigenvalue weighted by Gasteiger charge is 2.13. The van der Waals surface area contributed by atoms with Gasteiger partial charge in [-0.15, -0.1) is 0 Å². The van der Waals surface area contributed by atoms with E-state index < -0.39 is 5.97 Å². The van der Waals surface area contributed by atoms with E-state index in [1.54, 1.807) is 7.11 Å². The average molecular weight is 268 g/mol. The summed E-state index contributed by atoms with van der Waals surface area (Å²) in [6.45, 7) is 0. The number of hydrogen-bond acceptors (Lipinski definition) is 3. The Morgan fingerprint density at radius 1 is 1.20 bits per heavy atom. The molecule has 0 aliphatic carbocycles. The number of aromatic nitrogens is 2. The molecule has 0 amide bonds. The highest BCUT2D eigenvalue weighted by molar-refractivity contribution is 6.00. The van der Waals surface area contributed by atoms with Gasteiger partial charge in [0, 0.05) is 10.9 Å². The summed E-state index contributed by atoms with van der Waals surface area (Å²) in [6.07, 6.45) is 0. The van der Waals surface area contributed by atoms with Crippen LogP contribution in [0, 0.1) is 0 Å². The van der Waals surface area contributed by atoms with Gasteiger partial charge in [-0.25, -0.2) is 4.79 Å². The fourth-order valence-corrected chi connectivity index (χ4v) is 2.24. The van der Waals surface area contributed by atoms with Crippen LogP contribution >= 0.6 is 0 Å². The summed E-state index contributed by atoms with van der Waals surface area (Å²) in [6, 6.07) is 13.0. The van der Waals surface area contributed by atoms with Crippen LogP contribution in [-0.4, -0.2) is 28.4 Å². The van der Waals surface area contributed by atoms with E-state index in [0.717, 1.165) is 22.1 Å². The number of nitrogens with zero attached hydrogens (tertiary/aromatic N) is 1. The topological polar surface area (TPSA) is 75.2 Å². The van der Waals surface area contributed by atoms with Crippen molar-refractivity contribution in [3.05, 3.63) is 48.2 Å². The van der Waals surface area contributed by atoms with Crippen LogP contribution in [0.4, 0.5) is 0 Å². The number of aromatic amines is 1. The van der Waals surface area contributed by atoms with Gasteiger partial charge < -0.3 is 9.84 Å². The molecule has 1 heterocycles. The third-order valence-corrected chi connectivity index (χ3v) is 3.19. The number of carboxylic acids is 1. The number of ether oxygens (including phenoxy) is 1. The van der Waals surface area contributed by atoms with Crippen LogP contribution in [-0.2, 0) is 0 Å². The third-order valence-electron chi connectivity index (χ3n) is 3.19. The van der Waals surface area contributed by atoms with Gasteiger partial charge >= 0.3 is 5.97 Å². The molecule has 5 nitrogen and oxygen atoms in total. The molecule has 0 saturated heterocycles. The molecule has 0 aliphatic rings. The molecule has 3 aromatic rings. The van der Waals surface area contributed by atoms with Gasteiger partial charge in [-0.2, -0.15) is 5.10 Å². The van der Waals surface area contributed by atoms with Gasteiger partial charge in [0.05, 0.1) is 12.8 Å². The van der Waals surface area contributed by atoms with Gasteiger partial charge in [0.15, 0.2) is 0 Å². The minimum atomic E-state index is -1.03. The Labute approximate surface area is 114 Å². The van der Waals surface area contributed by atoms with E-state index >= 15 is 0 Å². The minimum Gasteiger partial charge on any atom is -0.496 e. The number of rotatable bonds is 3. The first kappa shape index (κ1) is 12.2. The van der Waals surface area contributed by atoms with Crippen LogP contribution in [0.2, 0.25) is 0 Å². The summed E-state index contributed by atoms with van der Waals surface area (Å²) >= 11 is 0. The van der Waals surface area contributed by atoms with Crippen LogP contribution in [0.15, 0.2) is 42.5 Å². The van der Waals surface area contributed by atoms with Gasteiger partial charge in [-0.05, 0) is 23.6 Å². The molecule has 1 aromatic heterocycles. The van der Waals surface area contributed by atoms with Crippen molar-refractivity contribution in [1.29, 1.82) is 0 Å². The predicted molar refractivity (Wildman–Crippen MR) is 75.0 cm³/mol. The SMILES string of the molecule is COc1ccc(-c2cc(C(=O)O)[nH]n2)c2ccccc12. The number of fused-ring (bicyclic) bond motifs is 1. The van der Waals surface area contributed by atoms with Crippen molar-refractivity contribution in [2.24, 2.45) is 0 Å². The molecule has 0 atom stereocenters. The summed E-state index contributed by atoms with van der Waals surface area (Å²) in [7, 11) is 1.62.